The van der Waals surface area contributed by atoms with Crippen LogP contribution in [0, 0.1) is 5.82 Å². The van der Waals surface area contributed by atoms with Gasteiger partial charge in [0.15, 0.2) is 5.78 Å². The highest BCUT2D eigenvalue weighted by atomic mass is 32.1. The van der Waals surface area contributed by atoms with Crippen LogP contribution >= 0.6 is 11.3 Å². The van der Waals surface area contributed by atoms with Crippen LogP contribution in [0.25, 0.3) is 22.6 Å². The van der Waals surface area contributed by atoms with E-state index in [1.807, 2.05) is 12.3 Å². The molecule has 2 heterocycles. The third-order valence-corrected chi connectivity index (χ3v) is 6.08. The fraction of sp³-hybridized carbons (Fsp3) is 0.217. The SMILES string of the molecule is CC(CCC(=O)c1cccc(-c2noc(C(F)(F)F)n2)c1)c1nc(-c2ccc(F)cc2)cs1. The molecule has 0 aliphatic heterocycles. The third-order valence-electron chi connectivity index (χ3n) is 5.00. The predicted molar refractivity (Wildman–Crippen MR) is 114 cm³/mol. The molecule has 0 aliphatic rings. The van der Waals surface area contributed by atoms with Crippen molar-refractivity contribution in [1.29, 1.82) is 0 Å². The highest BCUT2D eigenvalue weighted by Crippen LogP contribution is 2.31. The van der Waals surface area contributed by atoms with Crippen LogP contribution in [0.15, 0.2) is 58.4 Å². The van der Waals surface area contributed by atoms with E-state index < -0.39 is 12.1 Å². The van der Waals surface area contributed by atoms with Crippen LogP contribution in [-0.2, 0) is 6.18 Å². The predicted octanol–water partition coefficient (Wildman–Crippen LogP) is 6.78. The number of hydrogen-bond acceptors (Lipinski definition) is 6. The average Bonchev–Trinajstić information content (AvgIpc) is 3.48. The zero-order valence-electron chi connectivity index (χ0n) is 17.3. The monoisotopic (exact) mass is 475 g/mol. The molecule has 2 aromatic heterocycles. The second-order valence-corrected chi connectivity index (χ2v) is 8.33. The fourth-order valence-corrected chi connectivity index (χ4v) is 4.09. The highest BCUT2D eigenvalue weighted by molar-refractivity contribution is 7.10. The van der Waals surface area contributed by atoms with E-state index in [4.69, 9.17) is 0 Å². The fourth-order valence-electron chi connectivity index (χ4n) is 3.17. The number of ketones is 1. The van der Waals surface area contributed by atoms with Gasteiger partial charge in [0.1, 0.15) is 5.82 Å². The van der Waals surface area contributed by atoms with Gasteiger partial charge >= 0.3 is 12.1 Å². The van der Waals surface area contributed by atoms with Crippen molar-refractivity contribution in [1.82, 2.24) is 15.1 Å². The number of thiazole rings is 1. The van der Waals surface area contributed by atoms with Crippen LogP contribution in [0.5, 0.6) is 0 Å². The average molecular weight is 475 g/mol. The number of halogens is 4. The van der Waals surface area contributed by atoms with E-state index in [0.717, 1.165) is 16.3 Å². The normalized spacial score (nSPS) is 12.6. The van der Waals surface area contributed by atoms with Gasteiger partial charge in [-0.1, -0.05) is 30.3 Å². The Morgan fingerprint density at radius 2 is 1.85 bits per heavy atom. The van der Waals surface area contributed by atoms with Gasteiger partial charge in [0.05, 0.1) is 10.7 Å². The van der Waals surface area contributed by atoms with Crippen molar-refractivity contribution < 1.29 is 26.9 Å². The molecule has 0 N–H and O–H groups in total. The van der Waals surface area contributed by atoms with E-state index in [-0.39, 0.29) is 35.3 Å². The van der Waals surface area contributed by atoms with Crippen LogP contribution in [0.1, 0.15) is 46.9 Å². The van der Waals surface area contributed by atoms with Crippen molar-refractivity contribution in [2.24, 2.45) is 0 Å². The molecule has 5 nitrogen and oxygen atoms in total. The first kappa shape index (κ1) is 22.8. The number of Topliss-reactive ketones (excluding diaryl/α,β-unsaturated/α-hetero) is 1. The molecule has 1 atom stereocenters. The lowest BCUT2D eigenvalue weighted by atomic mass is 9.99. The maximum Gasteiger partial charge on any atom is 0.471 e. The van der Waals surface area contributed by atoms with E-state index in [1.165, 1.54) is 35.6 Å². The number of nitrogens with zero attached hydrogens (tertiary/aromatic N) is 3. The zero-order chi connectivity index (χ0) is 23.6. The molecule has 1 unspecified atom stereocenters. The molecule has 0 saturated carbocycles. The molecule has 4 aromatic rings. The summed E-state index contributed by atoms with van der Waals surface area (Å²) in [6.45, 7) is 1.97. The Kier molecular flexibility index (Phi) is 6.37. The second kappa shape index (κ2) is 9.22. The van der Waals surface area contributed by atoms with Crippen molar-refractivity contribution in [2.75, 3.05) is 0 Å². The van der Waals surface area contributed by atoms with Gasteiger partial charge in [-0.3, -0.25) is 4.79 Å². The van der Waals surface area contributed by atoms with Crippen LogP contribution in [-0.4, -0.2) is 20.9 Å². The molecule has 0 aliphatic carbocycles. The summed E-state index contributed by atoms with van der Waals surface area (Å²) in [6, 6.07) is 12.2. The minimum absolute atomic E-state index is 0.0166. The molecule has 10 heteroatoms. The first-order valence-corrected chi connectivity index (χ1v) is 10.8. The smallest absolute Gasteiger partial charge is 0.329 e. The summed E-state index contributed by atoms with van der Waals surface area (Å²) in [5.41, 5.74) is 2.18. The van der Waals surface area contributed by atoms with Gasteiger partial charge in [0.25, 0.3) is 0 Å². The Hall–Kier alpha value is -3.40. The molecule has 170 valence electrons. The maximum absolute atomic E-state index is 13.1. The number of carbonyl (C=O) groups excluding carboxylic acids is 1. The third kappa shape index (κ3) is 5.33. The molecule has 0 amide bonds. The Morgan fingerprint density at radius 1 is 1.09 bits per heavy atom. The summed E-state index contributed by atoms with van der Waals surface area (Å²) in [6.07, 6.45) is -3.96. The summed E-state index contributed by atoms with van der Waals surface area (Å²) in [4.78, 5) is 20.6. The van der Waals surface area contributed by atoms with Gasteiger partial charge in [-0.25, -0.2) is 9.37 Å². The lowest BCUT2D eigenvalue weighted by molar-refractivity contribution is -0.159. The van der Waals surface area contributed by atoms with Gasteiger partial charge in [-0.15, -0.1) is 11.3 Å². The van der Waals surface area contributed by atoms with E-state index >= 15 is 0 Å². The van der Waals surface area contributed by atoms with Gasteiger partial charge in [0, 0.05) is 34.4 Å². The minimum Gasteiger partial charge on any atom is -0.329 e. The minimum atomic E-state index is -4.73. The number of alkyl halides is 3. The van der Waals surface area contributed by atoms with Crippen molar-refractivity contribution >= 4 is 17.1 Å². The maximum atomic E-state index is 13.1. The van der Waals surface area contributed by atoms with Crippen LogP contribution in [0.2, 0.25) is 0 Å². The molecule has 0 fully saturated rings. The standard InChI is InChI=1S/C23H17F4N3O2S/c1-13(21-28-18(12-33-21)14-6-8-17(24)9-7-14)5-10-19(31)15-3-2-4-16(11-15)20-29-22(32-30-20)23(25,26)27/h2-4,6-9,11-13H,5,10H2,1H3. The number of hydrogen-bond donors (Lipinski definition) is 0. The highest BCUT2D eigenvalue weighted by Gasteiger charge is 2.38. The van der Waals surface area contributed by atoms with Crippen LogP contribution < -0.4 is 0 Å². The first-order valence-electron chi connectivity index (χ1n) is 9.96. The van der Waals surface area contributed by atoms with E-state index in [1.54, 1.807) is 24.3 Å². The molecular weight excluding hydrogens is 458 g/mol. The summed E-state index contributed by atoms with van der Waals surface area (Å²) >= 11 is 1.47. The largest absolute Gasteiger partial charge is 0.471 e. The van der Waals surface area contributed by atoms with E-state index in [2.05, 4.69) is 19.6 Å². The summed E-state index contributed by atoms with van der Waals surface area (Å²) in [7, 11) is 0. The molecule has 4 rings (SSSR count). The molecule has 0 spiro atoms. The second-order valence-electron chi connectivity index (χ2n) is 7.44. The molecule has 0 saturated heterocycles. The van der Waals surface area contributed by atoms with E-state index in [0.29, 0.717) is 12.0 Å². The van der Waals surface area contributed by atoms with Crippen molar-refractivity contribution in [3.63, 3.8) is 0 Å². The molecule has 33 heavy (non-hydrogen) atoms. The Labute approximate surface area is 190 Å². The topological polar surface area (TPSA) is 68.9 Å². The summed E-state index contributed by atoms with van der Waals surface area (Å²) < 4.78 is 55.4. The number of benzene rings is 2. The summed E-state index contributed by atoms with van der Waals surface area (Å²) in [5, 5.41) is 6.11. The zero-order valence-corrected chi connectivity index (χ0v) is 18.1. The Balaban J connectivity index is 1.40. The van der Waals surface area contributed by atoms with Gasteiger partial charge < -0.3 is 4.52 Å². The Bertz CT molecular complexity index is 1270. The number of aromatic nitrogens is 3. The molecule has 0 radical (unpaired) electrons. The van der Waals surface area contributed by atoms with Crippen LogP contribution in [0.4, 0.5) is 17.6 Å². The van der Waals surface area contributed by atoms with Crippen molar-refractivity contribution in [3.05, 3.63) is 76.2 Å². The van der Waals surface area contributed by atoms with Gasteiger partial charge in [0.2, 0.25) is 5.82 Å². The van der Waals surface area contributed by atoms with Crippen LogP contribution in [0.3, 0.4) is 0 Å². The van der Waals surface area contributed by atoms with Crippen molar-refractivity contribution in [3.8, 4) is 22.6 Å². The van der Waals surface area contributed by atoms with E-state index in [9.17, 15) is 22.4 Å². The summed E-state index contributed by atoms with van der Waals surface area (Å²) in [5.74, 6) is -2.13. The first-order chi connectivity index (χ1) is 15.7. The molecule has 2 aromatic carbocycles. The van der Waals surface area contributed by atoms with Gasteiger partial charge in [-0.05, 0) is 36.8 Å². The number of carbonyl (C=O) groups is 1. The quantitative estimate of drug-likeness (QED) is 0.218. The lowest BCUT2D eigenvalue weighted by Crippen LogP contribution is -2.05. The van der Waals surface area contributed by atoms with Crippen molar-refractivity contribution in [2.45, 2.75) is 31.9 Å². The molecular formula is C23H17F4N3O2S. The lowest BCUT2D eigenvalue weighted by Gasteiger charge is -2.08. The molecule has 0 bridgehead atoms. The number of rotatable bonds is 7. The van der Waals surface area contributed by atoms with Gasteiger partial charge in [-0.2, -0.15) is 18.2 Å². The Morgan fingerprint density at radius 3 is 2.55 bits per heavy atom.